The summed E-state index contributed by atoms with van der Waals surface area (Å²) in [6.07, 6.45) is 3.57. The van der Waals surface area contributed by atoms with E-state index in [0.717, 1.165) is 0 Å². The number of esters is 2. The molecular formula is C33H36N16O4. The van der Waals surface area contributed by atoms with Crippen LogP contribution in [0.4, 0.5) is 34.6 Å². The number of pyridine rings is 2. The number of nitrogens with zero attached hydrogens (tertiary/aromatic N) is 14. The van der Waals surface area contributed by atoms with Crippen LogP contribution in [0.15, 0.2) is 69.2 Å². The van der Waals surface area contributed by atoms with Crippen LogP contribution in [0.25, 0.3) is 11.6 Å². The first-order valence-electron chi connectivity index (χ1n) is 16.2. The Bertz CT molecular complexity index is 2210. The topological polar surface area (TPSA) is 251 Å². The zero-order valence-corrected chi connectivity index (χ0v) is 30.0. The zero-order chi connectivity index (χ0) is 38.0. The quantitative estimate of drug-likeness (QED) is 0.132. The van der Waals surface area contributed by atoms with E-state index in [2.05, 4.69) is 50.8 Å². The van der Waals surface area contributed by atoms with Gasteiger partial charge in [-0.25, -0.2) is 28.9 Å². The van der Waals surface area contributed by atoms with Crippen LogP contribution in [0, 0.1) is 13.8 Å². The average Bonchev–Trinajstić information content (AvgIpc) is 3.86. The third-order valence-corrected chi connectivity index (χ3v) is 8.28. The number of ether oxygens (including phenoxy) is 2. The molecule has 0 aliphatic rings. The third-order valence-electron chi connectivity index (χ3n) is 8.28. The van der Waals surface area contributed by atoms with Crippen molar-refractivity contribution >= 4 is 46.6 Å². The predicted molar refractivity (Wildman–Crippen MR) is 191 cm³/mol. The lowest BCUT2D eigenvalue weighted by Crippen LogP contribution is -2.13. The highest BCUT2D eigenvalue weighted by atomic mass is 16.5. The van der Waals surface area contributed by atoms with Crippen LogP contribution in [0.2, 0.25) is 0 Å². The van der Waals surface area contributed by atoms with Crippen LogP contribution in [0.3, 0.4) is 0 Å². The van der Waals surface area contributed by atoms with Gasteiger partial charge in [0.1, 0.15) is 11.1 Å². The van der Waals surface area contributed by atoms with Crippen molar-refractivity contribution in [3.8, 4) is 11.6 Å². The molecule has 0 unspecified atom stereocenters. The van der Waals surface area contributed by atoms with Crippen LogP contribution >= 0.6 is 0 Å². The van der Waals surface area contributed by atoms with Crippen molar-refractivity contribution in [2.45, 2.75) is 33.1 Å². The molecule has 20 nitrogen and oxygen atoms in total. The molecule has 0 aliphatic heterocycles. The van der Waals surface area contributed by atoms with Gasteiger partial charge in [-0.15, -0.1) is 20.5 Å². The molecule has 0 saturated heterocycles. The summed E-state index contributed by atoms with van der Waals surface area (Å²) in [6.45, 7) is 5.30. The number of aryl methyl sites for hydroxylation is 4. The van der Waals surface area contributed by atoms with E-state index < -0.39 is 17.9 Å². The molecule has 0 saturated carbocycles. The lowest BCUT2D eigenvalue weighted by atomic mass is 9.92. The fourth-order valence-corrected chi connectivity index (χ4v) is 5.72. The highest BCUT2D eigenvalue weighted by Crippen LogP contribution is 2.40. The Labute approximate surface area is 302 Å². The number of aromatic nitrogens is 10. The van der Waals surface area contributed by atoms with Crippen molar-refractivity contribution in [2.24, 2.45) is 34.6 Å². The number of carbonyl (C=O) groups excluding carboxylic acids is 2. The molecule has 0 fully saturated rings. The second-order valence-electron chi connectivity index (χ2n) is 11.6. The number of rotatable bonds is 11. The molecule has 4 N–H and O–H groups in total. The lowest BCUT2D eigenvalue weighted by Gasteiger charge is -2.13. The van der Waals surface area contributed by atoms with Gasteiger partial charge in [-0.05, 0) is 44.5 Å². The Hall–Kier alpha value is -7.12. The zero-order valence-electron chi connectivity index (χ0n) is 30.0. The molecule has 6 aromatic rings. The smallest absolute Gasteiger partial charge is 0.343 e. The number of nitrogens with two attached hydrogens (primary N) is 2. The molecule has 53 heavy (non-hydrogen) atoms. The molecule has 20 heteroatoms. The molecule has 6 heterocycles. The molecule has 6 aromatic heterocycles. The van der Waals surface area contributed by atoms with Gasteiger partial charge in [-0.1, -0.05) is 19.1 Å². The minimum Gasteiger partial charge on any atom is -0.465 e. The van der Waals surface area contributed by atoms with Gasteiger partial charge in [0.05, 0.1) is 37.0 Å². The summed E-state index contributed by atoms with van der Waals surface area (Å²) in [5, 5.41) is 35.8. The number of methoxy groups -OCH3 is 2. The van der Waals surface area contributed by atoms with Gasteiger partial charge in [-0.3, -0.25) is 0 Å². The van der Waals surface area contributed by atoms with Gasteiger partial charge in [0, 0.05) is 32.4 Å². The van der Waals surface area contributed by atoms with E-state index in [1.165, 1.54) is 32.9 Å². The van der Waals surface area contributed by atoms with E-state index in [4.69, 9.17) is 20.9 Å². The van der Waals surface area contributed by atoms with Crippen molar-refractivity contribution in [3.05, 3.63) is 82.7 Å². The van der Waals surface area contributed by atoms with E-state index >= 15 is 0 Å². The van der Waals surface area contributed by atoms with Gasteiger partial charge in [0.2, 0.25) is 0 Å². The SMILES string of the molecule is CCC(c1nn(C)c(N=Nc2c(C)nn(-c3ccccn3)c2N)c1C(=O)OC)c1nn(C)c(N=Nc2c(C)nn(-c3ccccn3)c2N)c1C(=O)OC. The Morgan fingerprint density at radius 2 is 1.11 bits per heavy atom. The third kappa shape index (κ3) is 6.48. The van der Waals surface area contributed by atoms with Crippen LogP contribution in [0.5, 0.6) is 0 Å². The maximum atomic E-state index is 13.4. The average molecular weight is 721 g/mol. The second-order valence-corrected chi connectivity index (χ2v) is 11.6. The van der Waals surface area contributed by atoms with Gasteiger partial charge in [0.15, 0.2) is 46.3 Å². The number of anilines is 2. The number of nitrogen functional groups attached to an aromatic ring is 2. The fourth-order valence-electron chi connectivity index (χ4n) is 5.72. The summed E-state index contributed by atoms with van der Waals surface area (Å²) in [5.74, 6) is -0.710. The van der Waals surface area contributed by atoms with Crippen LogP contribution in [-0.2, 0) is 23.6 Å². The summed E-state index contributed by atoms with van der Waals surface area (Å²) < 4.78 is 16.0. The number of carbonyl (C=O) groups is 2. The molecule has 0 amide bonds. The van der Waals surface area contributed by atoms with E-state index in [1.54, 1.807) is 76.7 Å². The molecule has 0 spiro atoms. The largest absolute Gasteiger partial charge is 0.465 e. The number of hydrogen-bond donors (Lipinski definition) is 2. The van der Waals surface area contributed by atoms with Crippen molar-refractivity contribution in [1.29, 1.82) is 0 Å². The molecule has 0 bridgehead atoms. The Balaban J connectivity index is 1.43. The summed E-state index contributed by atoms with van der Waals surface area (Å²) in [6, 6.07) is 10.7. The van der Waals surface area contributed by atoms with E-state index in [9.17, 15) is 9.59 Å². The maximum Gasteiger partial charge on any atom is 0.343 e. The Morgan fingerprint density at radius 1 is 0.698 bits per heavy atom. The van der Waals surface area contributed by atoms with Crippen molar-refractivity contribution in [3.63, 3.8) is 0 Å². The van der Waals surface area contributed by atoms with Gasteiger partial charge < -0.3 is 20.9 Å². The monoisotopic (exact) mass is 720 g/mol. The van der Waals surface area contributed by atoms with Crippen molar-refractivity contribution in [1.82, 2.24) is 49.1 Å². The van der Waals surface area contributed by atoms with Gasteiger partial charge >= 0.3 is 11.9 Å². The summed E-state index contributed by atoms with van der Waals surface area (Å²) in [5.41, 5.74) is 14.8. The molecule has 0 atom stereocenters. The molecule has 0 radical (unpaired) electrons. The molecule has 6 rings (SSSR count). The fraction of sp³-hybridized carbons (Fsp3) is 0.273. The van der Waals surface area contributed by atoms with Gasteiger partial charge in [0.25, 0.3) is 0 Å². The molecule has 272 valence electrons. The Morgan fingerprint density at radius 3 is 1.45 bits per heavy atom. The number of azo groups is 2. The molecule has 0 aromatic carbocycles. The predicted octanol–water partition coefficient (Wildman–Crippen LogP) is 5.04. The van der Waals surface area contributed by atoms with Crippen LogP contribution in [0.1, 0.15) is 62.8 Å². The molecule has 0 aliphatic carbocycles. The van der Waals surface area contributed by atoms with Crippen molar-refractivity contribution < 1.29 is 19.1 Å². The summed E-state index contributed by atoms with van der Waals surface area (Å²) in [7, 11) is 5.68. The normalized spacial score (nSPS) is 12.2. The summed E-state index contributed by atoms with van der Waals surface area (Å²) in [4.78, 5) is 35.4. The van der Waals surface area contributed by atoms with E-state index in [0.29, 0.717) is 29.4 Å². The molecular weight excluding hydrogens is 684 g/mol. The maximum absolute atomic E-state index is 13.4. The lowest BCUT2D eigenvalue weighted by molar-refractivity contribution is 0.0593. The second kappa shape index (κ2) is 14.6. The summed E-state index contributed by atoms with van der Waals surface area (Å²) >= 11 is 0. The first-order chi connectivity index (χ1) is 25.5. The first-order valence-corrected chi connectivity index (χ1v) is 16.2. The van der Waals surface area contributed by atoms with E-state index in [1.807, 2.05) is 6.92 Å². The van der Waals surface area contributed by atoms with Crippen LogP contribution < -0.4 is 11.5 Å². The highest BCUT2D eigenvalue weighted by Gasteiger charge is 2.35. The van der Waals surface area contributed by atoms with E-state index in [-0.39, 0.29) is 57.2 Å². The first kappa shape index (κ1) is 35.7. The highest BCUT2D eigenvalue weighted by molar-refractivity contribution is 5.97. The minimum atomic E-state index is -0.749. The number of hydrogen-bond acceptors (Lipinski definition) is 16. The minimum absolute atomic E-state index is 0.00826. The van der Waals surface area contributed by atoms with Crippen LogP contribution in [-0.4, -0.2) is 75.2 Å². The van der Waals surface area contributed by atoms with Crippen molar-refractivity contribution in [2.75, 3.05) is 25.7 Å². The van der Waals surface area contributed by atoms with Gasteiger partial charge in [-0.2, -0.15) is 29.8 Å². The standard InChI is InChI=1S/C33H36N16O4/c1-8-19(26-22(32(50)52-6)30(46(4)44-26)40-38-24-17(2)42-48(28(24)34)20-13-9-11-15-36-20)27-23(33(51)53-7)31(47(5)45-27)41-39-25-18(3)43-49(29(25)35)21-14-10-12-16-37-21/h9-16,19H,8,34-35H2,1-7H3. The Kier molecular flexibility index (Phi) is 9.85.